The molecular formula is C27H23F3N2O4S. The van der Waals surface area contributed by atoms with Gasteiger partial charge in [-0.15, -0.1) is 11.8 Å². The molecule has 3 aromatic carbocycles. The molecule has 192 valence electrons. The van der Waals surface area contributed by atoms with Crippen LogP contribution in [0.4, 0.5) is 18.9 Å². The molecule has 2 heterocycles. The second-order valence-electron chi connectivity index (χ2n) is 8.65. The molecule has 5 rings (SSSR count). The van der Waals surface area contributed by atoms with E-state index in [2.05, 4.69) is 0 Å². The number of hydrogen-bond acceptors (Lipinski definition) is 5. The number of amides is 2. The third kappa shape index (κ3) is 4.19. The normalized spacial score (nSPS) is 18.9. The predicted octanol–water partition coefficient (Wildman–Crippen LogP) is 5.31. The minimum Gasteiger partial charge on any atom is -0.497 e. The van der Waals surface area contributed by atoms with E-state index in [9.17, 15) is 22.8 Å². The van der Waals surface area contributed by atoms with Crippen molar-refractivity contribution in [3.8, 4) is 11.5 Å². The predicted molar refractivity (Wildman–Crippen MR) is 134 cm³/mol. The van der Waals surface area contributed by atoms with E-state index in [0.717, 1.165) is 12.1 Å². The minimum absolute atomic E-state index is 0.0744. The summed E-state index contributed by atoms with van der Waals surface area (Å²) in [5.41, 5.74) is 1.06. The number of methoxy groups -OCH3 is 2. The van der Waals surface area contributed by atoms with Crippen LogP contribution in [0.1, 0.15) is 27.0 Å². The van der Waals surface area contributed by atoms with Crippen LogP contribution >= 0.6 is 11.8 Å². The van der Waals surface area contributed by atoms with Crippen LogP contribution in [0.3, 0.4) is 0 Å². The lowest BCUT2D eigenvalue weighted by Gasteiger charge is -2.33. The second kappa shape index (κ2) is 9.33. The first-order chi connectivity index (χ1) is 17.7. The molecule has 0 bridgehead atoms. The smallest absolute Gasteiger partial charge is 0.416 e. The largest absolute Gasteiger partial charge is 0.497 e. The number of nitrogens with zero attached hydrogens (tertiary/aromatic N) is 2. The fourth-order valence-electron chi connectivity index (χ4n) is 4.80. The maximum atomic E-state index is 14.1. The first kappa shape index (κ1) is 25.0. The molecule has 2 amide bonds. The molecule has 0 radical (unpaired) electrons. The Morgan fingerprint density at radius 1 is 1.00 bits per heavy atom. The lowest BCUT2D eigenvalue weighted by Crippen LogP contribution is -2.50. The highest BCUT2D eigenvalue weighted by Crippen LogP contribution is 2.55. The van der Waals surface area contributed by atoms with E-state index in [1.54, 1.807) is 53.4 Å². The van der Waals surface area contributed by atoms with Crippen LogP contribution in [0.2, 0.25) is 0 Å². The van der Waals surface area contributed by atoms with Crippen LogP contribution in [0.15, 0.2) is 66.7 Å². The summed E-state index contributed by atoms with van der Waals surface area (Å²) in [6.45, 7) is 0.254. The monoisotopic (exact) mass is 528 g/mol. The third-order valence-electron chi connectivity index (χ3n) is 6.58. The van der Waals surface area contributed by atoms with Gasteiger partial charge in [0.1, 0.15) is 11.5 Å². The van der Waals surface area contributed by atoms with Crippen molar-refractivity contribution in [1.82, 2.24) is 4.90 Å². The van der Waals surface area contributed by atoms with Gasteiger partial charge in [0.25, 0.3) is 11.8 Å². The maximum absolute atomic E-state index is 14.1. The Morgan fingerprint density at radius 3 is 2.38 bits per heavy atom. The summed E-state index contributed by atoms with van der Waals surface area (Å²) in [4.78, 5) is 29.5. The van der Waals surface area contributed by atoms with Crippen molar-refractivity contribution >= 4 is 29.3 Å². The average molecular weight is 529 g/mol. The van der Waals surface area contributed by atoms with Gasteiger partial charge >= 0.3 is 6.18 Å². The molecule has 0 unspecified atom stereocenters. The zero-order valence-corrected chi connectivity index (χ0v) is 20.9. The van der Waals surface area contributed by atoms with E-state index in [4.69, 9.17) is 9.47 Å². The summed E-state index contributed by atoms with van der Waals surface area (Å²) in [5, 5.41) is 0. The molecular weight excluding hydrogens is 505 g/mol. The molecule has 2 aliphatic heterocycles. The van der Waals surface area contributed by atoms with Gasteiger partial charge in [0.05, 0.1) is 32.0 Å². The number of benzene rings is 3. The zero-order chi connectivity index (χ0) is 26.4. The van der Waals surface area contributed by atoms with Crippen LogP contribution in [-0.4, -0.2) is 43.2 Å². The fraction of sp³-hybridized carbons (Fsp3) is 0.259. The molecule has 0 N–H and O–H groups in total. The summed E-state index contributed by atoms with van der Waals surface area (Å²) < 4.78 is 50.6. The fourth-order valence-corrected chi connectivity index (χ4v) is 6.25. The number of alkyl halides is 3. The van der Waals surface area contributed by atoms with Crippen molar-refractivity contribution in [2.45, 2.75) is 17.6 Å². The molecule has 0 aromatic heterocycles. The van der Waals surface area contributed by atoms with Gasteiger partial charge in [0, 0.05) is 23.4 Å². The van der Waals surface area contributed by atoms with Gasteiger partial charge in [-0.25, -0.2) is 0 Å². The molecule has 0 aliphatic carbocycles. The number of hydrogen-bond donors (Lipinski definition) is 0. The lowest BCUT2D eigenvalue weighted by atomic mass is 10.0. The van der Waals surface area contributed by atoms with E-state index >= 15 is 0 Å². The highest BCUT2D eigenvalue weighted by molar-refractivity contribution is 8.01. The van der Waals surface area contributed by atoms with Crippen molar-refractivity contribution in [2.75, 3.05) is 31.4 Å². The van der Waals surface area contributed by atoms with Crippen LogP contribution in [0.25, 0.3) is 0 Å². The molecule has 0 saturated carbocycles. The van der Waals surface area contributed by atoms with Crippen LogP contribution < -0.4 is 14.4 Å². The first-order valence-electron chi connectivity index (χ1n) is 11.5. The first-order valence-corrected chi connectivity index (χ1v) is 12.4. The standard InChI is InChI=1S/C27H23F3N2O4S/c1-35-20-8-6-18(7-9-20)24(33)32-12-13-37-26(32)22-15-21(36-2)10-11-23(22)31(25(26)34)16-17-4-3-5-19(14-17)27(28,29)30/h3-11,14-15H,12-13,16H2,1-2H3/t26-/m1/s1. The minimum atomic E-state index is -4.50. The average Bonchev–Trinajstić information content (AvgIpc) is 3.44. The van der Waals surface area contributed by atoms with Gasteiger partial charge < -0.3 is 19.3 Å². The van der Waals surface area contributed by atoms with Gasteiger partial charge in [-0.1, -0.05) is 12.1 Å². The number of carbonyl (C=O) groups excluding carboxylic acids is 2. The molecule has 6 nitrogen and oxygen atoms in total. The van der Waals surface area contributed by atoms with Gasteiger partial charge in [0.15, 0.2) is 4.87 Å². The number of anilines is 1. The lowest BCUT2D eigenvalue weighted by molar-refractivity contribution is -0.137. The van der Waals surface area contributed by atoms with Gasteiger partial charge in [-0.2, -0.15) is 13.2 Å². The number of rotatable bonds is 5. The molecule has 3 aromatic rings. The molecule has 1 fully saturated rings. The Kier molecular flexibility index (Phi) is 6.31. The molecule has 10 heteroatoms. The highest BCUT2D eigenvalue weighted by Gasteiger charge is 2.59. The van der Waals surface area contributed by atoms with E-state index in [1.165, 1.54) is 36.9 Å². The second-order valence-corrected chi connectivity index (χ2v) is 9.94. The van der Waals surface area contributed by atoms with E-state index in [1.807, 2.05) is 0 Å². The summed E-state index contributed by atoms with van der Waals surface area (Å²) in [7, 11) is 3.04. The summed E-state index contributed by atoms with van der Waals surface area (Å²) in [6.07, 6.45) is -4.50. The van der Waals surface area contributed by atoms with E-state index in [0.29, 0.717) is 46.2 Å². The highest BCUT2D eigenvalue weighted by atomic mass is 32.2. The van der Waals surface area contributed by atoms with Crippen molar-refractivity contribution < 1.29 is 32.2 Å². The van der Waals surface area contributed by atoms with Crippen molar-refractivity contribution in [3.05, 3.63) is 89.0 Å². The maximum Gasteiger partial charge on any atom is 0.416 e. The summed E-state index contributed by atoms with van der Waals surface area (Å²) in [6, 6.07) is 16.7. The third-order valence-corrected chi connectivity index (χ3v) is 8.00. The number of fused-ring (bicyclic) bond motifs is 2. The molecule has 1 spiro atoms. The molecule has 1 saturated heterocycles. The molecule has 2 aliphatic rings. The Morgan fingerprint density at radius 2 is 1.70 bits per heavy atom. The number of thioether (sulfide) groups is 1. The van der Waals surface area contributed by atoms with Crippen LogP contribution in [0.5, 0.6) is 11.5 Å². The zero-order valence-electron chi connectivity index (χ0n) is 20.0. The van der Waals surface area contributed by atoms with Gasteiger partial charge in [-0.3, -0.25) is 9.59 Å². The van der Waals surface area contributed by atoms with E-state index < -0.39 is 16.6 Å². The molecule has 1 atom stereocenters. The quantitative estimate of drug-likeness (QED) is 0.449. The summed E-state index contributed by atoms with van der Waals surface area (Å²) in [5.74, 6) is 0.924. The van der Waals surface area contributed by atoms with Crippen molar-refractivity contribution in [1.29, 1.82) is 0 Å². The van der Waals surface area contributed by atoms with Crippen molar-refractivity contribution in [3.63, 3.8) is 0 Å². The Bertz CT molecular complexity index is 1360. The molecule has 37 heavy (non-hydrogen) atoms. The van der Waals surface area contributed by atoms with E-state index in [-0.39, 0.29) is 18.4 Å². The topological polar surface area (TPSA) is 59.1 Å². The Hall–Kier alpha value is -3.66. The van der Waals surface area contributed by atoms with Crippen molar-refractivity contribution in [2.24, 2.45) is 0 Å². The number of carbonyl (C=O) groups is 2. The van der Waals surface area contributed by atoms with Gasteiger partial charge in [0.2, 0.25) is 0 Å². The summed E-state index contributed by atoms with van der Waals surface area (Å²) >= 11 is 1.34. The number of ether oxygens (including phenoxy) is 2. The van der Waals surface area contributed by atoms with Crippen LogP contribution in [-0.2, 0) is 22.4 Å². The Balaban J connectivity index is 1.57. The van der Waals surface area contributed by atoms with Crippen LogP contribution in [0, 0.1) is 0 Å². The number of halogens is 3. The SMILES string of the molecule is COc1ccc(C(=O)N2CCS[C@]23C(=O)N(Cc2cccc(C(F)(F)F)c2)c2ccc(OC)cc23)cc1. The van der Waals surface area contributed by atoms with Gasteiger partial charge in [-0.05, 0) is 60.2 Å². The Labute approximate surface area is 216 Å².